The van der Waals surface area contributed by atoms with Gasteiger partial charge < -0.3 is 15.0 Å². The van der Waals surface area contributed by atoms with E-state index in [2.05, 4.69) is 10.3 Å². The van der Waals surface area contributed by atoms with Crippen molar-refractivity contribution in [1.29, 1.82) is 0 Å². The van der Waals surface area contributed by atoms with E-state index in [4.69, 9.17) is 9.72 Å². The number of hydrogen-bond donors (Lipinski definition) is 1. The van der Waals surface area contributed by atoms with Crippen LogP contribution in [0.3, 0.4) is 0 Å². The molecule has 1 amide bonds. The van der Waals surface area contributed by atoms with E-state index in [0.29, 0.717) is 43.2 Å². The monoisotopic (exact) mass is 511 g/mol. The second kappa shape index (κ2) is 11.5. The van der Waals surface area contributed by atoms with Crippen LogP contribution in [-0.4, -0.2) is 47.2 Å². The first kappa shape index (κ1) is 25.4. The van der Waals surface area contributed by atoms with Crippen molar-refractivity contribution in [3.8, 4) is 5.75 Å². The van der Waals surface area contributed by atoms with E-state index in [0.717, 1.165) is 36.1 Å². The van der Waals surface area contributed by atoms with Crippen molar-refractivity contribution in [2.24, 2.45) is 5.92 Å². The number of methoxy groups -OCH3 is 1. The Balaban J connectivity index is 1.32. The van der Waals surface area contributed by atoms with Crippen LogP contribution in [0, 0.1) is 12.8 Å². The Morgan fingerprint density at radius 2 is 1.95 bits per heavy atom. The molecule has 38 heavy (non-hydrogen) atoms. The van der Waals surface area contributed by atoms with Gasteiger partial charge in [-0.05, 0) is 61.6 Å². The minimum atomic E-state index is -0.203. The number of anilines is 1. The molecule has 0 aliphatic carbocycles. The summed E-state index contributed by atoms with van der Waals surface area (Å²) in [6.07, 6.45) is 4.01. The third-order valence-electron chi connectivity index (χ3n) is 7.08. The van der Waals surface area contributed by atoms with Crippen molar-refractivity contribution >= 4 is 22.9 Å². The van der Waals surface area contributed by atoms with Crippen molar-refractivity contribution in [1.82, 2.24) is 19.9 Å². The van der Waals surface area contributed by atoms with Crippen LogP contribution in [0.25, 0.3) is 11.2 Å². The molecule has 4 aromatic rings. The number of nitrogens with one attached hydrogen (secondary N) is 1. The van der Waals surface area contributed by atoms with Gasteiger partial charge in [0.15, 0.2) is 11.5 Å². The number of aromatic nitrogens is 3. The number of ether oxygens (including phenoxy) is 1. The van der Waals surface area contributed by atoms with Gasteiger partial charge in [0.2, 0.25) is 5.91 Å². The molecule has 1 aliphatic heterocycles. The lowest BCUT2D eigenvalue weighted by Gasteiger charge is -2.32. The summed E-state index contributed by atoms with van der Waals surface area (Å²) in [6, 6.07) is 19.7. The summed E-state index contributed by atoms with van der Waals surface area (Å²) in [5, 5.41) is 3.08. The number of rotatable bonds is 8. The molecule has 0 spiro atoms. The SMILES string of the molecule is COc1cccc(CCNC(=O)C2CCCN(c3nc4cccnc4n(Cc4ccc(C)cc4)c3=O)C2)c1. The molecule has 1 unspecified atom stereocenters. The van der Waals surface area contributed by atoms with Gasteiger partial charge in [0, 0.05) is 25.8 Å². The molecule has 8 heteroatoms. The highest BCUT2D eigenvalue weighted by Gasteiger charge is 2.28. The van der Waals surface area contributed by atoms with E-state index < -0.39 is 0 Å². The molecular weight excluding hydrogens is 478 g/mol. The van der Waals surface area contributed by atoms with Crippen molar-refractivity contribution in [2.45, 2.75) is 32.7 Å². The number of carbonyl (C=O) groups excluding carboxylic acids is 1. The second-order valence-corrected chi connectivity index (χ2v) is 9.84. The van der Waals surface area contributed by atoms with Crippen molar-refractivity contribution in [3.05, 3.63) is 93.9 Å². The van der Waals surface area contributed by atoms with E-state index >= 15 is 0 Å². The average Bonchev–Trinajstić information content (AvgIpc) is 2.95. The Morgan fingerprint density at radius 3 is 2.76 bits per heavy atom. The molecule has 196 valence electrons. The van der Waals surface area contributed by atoms with E-state index in [9.17, 15) is 9.59 Å². The molecule has 2 aromatic carbocycles. The molecule has 1 saturated heterocycles. The van der Waals surface area contributed by atoms with E-state index in [-0.39, 0.29) is 17.4 Å². The Kier molecular flexibility index (Phi) is 7.67. The molecule has 0 radical (unpaired) electrons. The number of carbonyl (C=O) groups is 1. The lowest BCUT2D eigenvalue weighted by Crippen LogP contribution is -2.46. The Bertz CT molecular complexity index is 1480. The first-order valence-electron chi connectivity index (χ1n) is 13.1. The minimum Gasteiger partial charge on any atom is -0.497 e. The van der Waals surface area contributed by atoms with Crippen LogP contribution < -0.4 is 20.5 Å². The molecule has 1 atom stereocenters. The smallest absolute Gasteiger partial charge is 0.295 e. The fraction of sp³-hybridized carbons (Fsp3) is 0.333. The lowest BCUT2D eigenvalue weighted by molar-refractivity contribution is -0.125. The number of fused-ring (bicyclic) bond motifs is 1. The van der Waals surface area contributed by atoms with Gasteiger partial charge in [-0.15, -0.1) is 0 Å². The van der Waals surface area contributed by atoms with E-state index in [1.165, 1.54) is 5.56 Å². The first-order valence-corrected chi connectivity index (χ1v) is 13.1. The highest BCUT2D eigenvalue weighted by molar-refractivity contribution is 5.79. The highest BCUT2D eigenvalue weighted by Crippen LogP contribution is 2.22. The molecule has 1 fully saturated rings. The Hall–Kier alpha value is -4.20. The predicted octanol–water partition coefficient (Wildman–Crippen LogP) is 3.73. The predicted molar refractivity (Wildman–Crippen MR) is 149 cm³/mol. The molecule has 5 rings (SSSR count). The topological polar surface area (TPSA) is 89.3 Å². The normalized spacial score (nSPS) is 15.4. The van der Waals surface area contributed by atoms with E-state index in [1.807, 2.05) is 72.5 Å². The summed E-state index contributed by atoms with van der Waals surface area (Å²) in [6.45, 7) is 4.14. The van der Waals surface area contributed by atoms with Gasteiger partial charge in [-0.1, -0.05) is 42.0 Å². The van der Waals surface area contributed by atoms with Crippen LogP contribution in [0.4, 0.5) is 5.82 Å². The Labute approximate surface area is 222 Å². The zero-order valence-corrected chi connectivity index (χ0v) is 21.9. The third-order valence-corrected chi connectivity index (χ3v) is 7.08. The largest absolute Gasteiger partial charge is 0.497 e. The van der Waals surface area contributed by atoms with Crippen LogP contribution in [0.1, 0.15) is 29.5 Å². The van der Waals surface area contributed by atoms with Gasteiger partial charge in [-0.25, -0.2) is 9.97 Å². The maximum absolute atomic E-state index is 13.7. The first-order chi connectivity index (χ1) is 18.5. The van der Waals surface area contributed by atoms with Crippen LogP contribution in [0.5, 0.6) is 5.75 Å². The fourth-order valence-electron chi connectivity index (χ4n) is 4.98. The summed E-state index contributed by atoms with van der Waals surface area (Å²) in [5.74, 6) is 1.000. The second-order valence-electron chi connectivity index (χ2n) is 9.84. The summed E-state index contributed by atoms with van der Waals surface area (Å²) in [4.78, 5) is 37.9. The summed E-state index contributed by atoms with van der Waals surface area (Å²) >= 11 is 0. The van der Waals surface area contributed by atoms with Gasteiger partial charge >= 0.3 is 0 Å². The fourth-order valence-corrected chi connectivity index (χ4v) is 4.98. The standard InChI is InChI=1S/C30H33N5O3/c1-21-10-12-23(13-11-21)19-35-27-26(9-4-15-31-27)33-28(30(35)37)34-17-5-7-24(20-34)29(36)32-16-14-22-6-3-8-25(18-22)38-2/h3-4,6,8-13,15,18,24H,5,7,14,16-17,19-20H2,1-2H3,(H,32,36). The zero-order chi connectivity index (χ0) is 26.5. The average molecular weight is 512 g/mol. The van der Waals surface area contributed by atoms with Crippen molar-refractivity contribution in [3.63, 3.8) is 0 Å². The lowest BCUT2D eigenvalue weighted by atomic mass is 9.97. The van der Waals surface area contributed by atoms with Gasteiger partial charge in [-0.2, -0.15) is 0 Å². The third kappa shape index (κ3) is 5.69. The van der Waals surface area contributed by atoms with Gasteiger partial charge in [0.25, 0.3) is 5.56 Å². The minimum absolute atomic E-state index is 0.0139. The highest BCUT2D eigenvalue weighted by atomic mass is 16.5. The van der Waals surface area contributed by atoms with Crippen molar-refractivity contribution < 1.29 is 9.53 Å². The summed E-state index contributed by atoms with van der Waals surface area (Å²) in [7, 11) is 1.65. The summed E-state index contributed by atoms with van der Waals surface area (Å²) in [5.41, 5.74) is 4.34. The van der Waals surface area contributed by atoms with Crippen LogP contribution in [0.15, 0.2) is 71.7 Å². The summed E-state index contributed by atoms with van der Waals surface area (Å²) < 4.78 is 6.98. The molecule has 0 saturated carbocycles. The number of amides is 1. The number of benzene rings is 2. The number of aryl methyl sites for hydroxylation is 1. The van der Waals surface area contributed by atoms with Gasteiger partial charge in [-0.3, -0.25) is 14.2 Å². The number of piperidine rings is 1. The molecule has 3 heterocycles. The zero-order valence-electron chi connectivity index (χ0n) is 21.9. The van der Waals surface area contributed by atoms with Crippen LogP contribution in [0.2, 0.25) is 0 Å². The van der Waals surface area contributed by atoms with Crippen LogP contribution in [-0.2, 0) is 17.8 Å². The van der Waals surface area contributed by atoms with Crippen molar-refractivity contribution in [2.75, 3.05) is 31.6 Å². The maximum atomic E-state index is 13.7. The molecular formula is C30H33N5O3. The molecule has 1 N–H and O–H groups in total. The number of nitrogens with zero attached hydrogens (tertiary/aromatic N) is 4. The van der Waals surface area contributed by atoms with Crippen LogP contribution >= 0.6 is 0 Å². The molecule has 8 nitrogen and oxygen atoms in total. The molecule has 1 aliphatic rings. The Morgan fingerprint density at radius 1 is 1.11 bits per heavy atom. The number of hydrogen-bond acceptors (Lipinski definition) is 6. The van der Waals surface area contributed by atoms with Gasteiger partial charge in [0.1, 0.15) is 11.3 Å². The van der Waals surface area contributed by atoms with E-state index in [1.54, 1.807) is 17.9 Å². The maximum Gasteiger partial charge on any atom is 0.295 e. The molecule has 2 aromatic heterocycles. The molecule has 0 bridgehead atoms. The quantitative estimate of drug-likeness (QED) is 0.388. The number of pyridine rings is 1. The van der Waals surface area contributed by atoms with Gasteiger partial charge in [0.05, 0.1) is 19.6 Å².